The number of para-hydroxylation sites is 1. The summed E-state index contributed by atoms with van der Waals surface area (Å²) in [6.45, 7) is 0. The Labute approximate surface area is 146 Å². The van der Waals surface area contributed by atoms with E-state index in [1.54, 1.807) is 36.4 Å². The number of carbonyl (C=O) groups excluding carboxylic acids is 1. The molecule has 1 aliphatic heterocycles. The number of aliphatic imine (C=N–C) groups is 1. The van der Waals surface area contributed by atoms with Crippen molar-refractivity contribution in [3.63, 3.8) is 0 Å². The van der Waals surface area contributed by atoms with Gasteiger partial charge in [-0.05, 0) is 47.7 Å². The van der Waals surface area contributed by atoms with Crippen LogP contribution in [0, 0.1) is 5.82 Å². The zero-order valence-electron chi connectivity index (χ0n) is 11.5. The Morgan fingerprint density at radius 2 is 1.96 bits per heavy atom. The highest BCUT2D eigenvalue weighted by Gasteiger charge is 2.24. The van der Waals surface area contributed by atoms with Gasteiger partial charge in [0.2, 0.25) is 0 Å². The molecule has 0 aliphatic carbocycles. The van der Waals surface area contributed by atoms with Crippen LogP contribution in [-0.2, 0) is 4.79 Å². The summed E-state index contributed by atoms with van der Waals surface area (Å²) in [6, 6.07) is 11.1. The van der Waals surface area contributed by atoms with Gasteiger partial charge in [0, 0.05) is 10.0 Å². The van der Waals surface area contributed by atoms with Crippen LogP contribution in [-0.4, -0.2) is 11.1 Å². The van der Waals surface area contributed by atoms with Crippen LogP contribution in [0.15, 0.2) is 52.4 Å². The van der Waals surface area contributed by atoms with Gasteiger partial charge in [0.15, 0.2) is 5.17 Å². The molecule has 1 fully saturated rings. The van der Waals surface area contributed by atoms with Gasteiger partial charge < -0.3 is 5.32 Å². The predicted molar refractivity (Wildman–Crippen MR) is 93.7 cm³/mol. The first-order chi connectivity index (χ1) is 11.0. The first-order valence-electron chi connectivity index (χ1n) is 6.52. The van der Waals surface area contributed by atoms with Crippen molar-refractivity contribution in [3.05, 3.63) is 68.8 Å². The molecule has 0 spiro atoms. The lowest BCUT2D eigenvalue weighted by atomic mass is 10.2. The van der Waals surface area contributed by atoms with Crippen molar-refractivity contribution in [2.24, 2.45) is 4.99 Å². The summed E-state index contributed by atoms with van der Waals surface area (Å²) in [4.78, 5) is 16.5. The summed E-state index contributed by atoms with van der Waals surface area (Å²) in [5, 5.41) is 3.88. The molecule has 0 bridgehead atoms. The number of amidine groups is 1. The second kappa shape index (κ2) is 6.74. The summed E-state index contributed by atoms with van der Waals surface area (Å²) in [5.41, 5.74) is 0.835. The summed E-state index contributed by atoms with van der Waals surface area (Å²) in [7, 11) is 0. The maximum absolute atomic E-state index is 13.6. The van der Waals surface area contributed by atoms with Crippen molar-refractivity contribution in [3.8, 4) is 0 Å². The number of carbonyl (C=O) groups is 1. The maximum atomic E-state index is 13.6. The van der Waals surface area contributed by atoms with Gasteiger partial charge in [-0.3, -0.25) is 4.79 Å². The predicted octanol–water partition coefficient (Wildman–Crippen LogP) is 5.02. The molecule has 116 valence electrons. The van der Waals surface area contributed by atoms with E-state index in [9.17, 15) is 9.18 Å². The Hall–Kier alpha value is -1.82. The van der Waals surface area contributed by atoms with Crippen LogP contribution in [0.1, 0.15) is 5.56 Å². The molecule has 0 saturated carbocycles. The van der Waals surface area contributed by atoms with Gasteiger partial charge in [0.05, 0.1) is 4.91 Å². The number of amides is 1. The second-order valence-electron chi connectivity index (χ2n) is 4.60. The highest BCUT2D eigenvalue weighted by molar-refractivity contribution is 8.18. The van der Waals surface area contributed by atoms with E-state index >= 15 is 0 Å². The largest absolute Gasteiger partial charge is 0.300 e. The SMILES string of the molecule is O=C1NC(=Nc2ccccc2F)S/C1=C/c1ccc(Cl)cc1Cl. The quantitative estimate of drug-likeness (QED) is 0.757. The van der Waals surface area contributed by atoms with Gasteiger partial charge in [-0.2, -0.15) is 0 Å². The average molecular weight is 367 g/mol. The molecule has 0 atom stereocenters. The van der Waals surface area contributed by atoms with Gasteiger partial charge in [-0.15, -0.1) is 0 Å². The molecule has 3 rings (SSSR count). The normalized spacial score (nSPS) is 17.8. The fourth-order valence-electron chi connectivity index (χ4n) is 1.89. The summed E-state index contributed by atoms with van der Waals surface area (Å²) < 4.78 is 13.6. The zero-order valence-corrected chi connectivity index (χ0v) is 13.8. The van der Waals surface area contributed by atoms with Crippen molar-refractivity contribution < 1.29 is 9.18 Å². The molecule has 0 radical (unpaired) electrons. The third-order valence-electron chi connectivity index (χ3n) is 2.97. The lowest BCUT2D eigenvalue weighted by molar-refractivity contribution is -0.115. The van der Waals surface area contributed by atoms with Crippen LogP contribution in [0.25, 0.3) is 6.08 Å². The minimum Gasteiger partial charge on any atom is -0.300 e. The Bertz CT molecular complexity index is 852. The average Bonchev–Trinajstić information content (AvgIpc) is 2.84. The first kappa shape index (κ1) is 16.1. The first-order valence-corrected chi connectivity index (χ1v) is 8.09. The molecule has 1 aliphatic rings. The molecule has 0 unspecified atom stereocenters. The van der Waals surface area contributed by atoms with Crippen molar-refractivity contribution in [1.82, 2.24) is 5.32 Å². The lowest BCUT2D eigenvalue weighted by Gasteiger charge is -1.99. The van der Waals surface area contributed by atoms with Crippen molar-refractivity contribution in [1.29, 1.82) is 0 Å². The molecule has 0 aromatic heterocycles. The topological polar surface area (TPSA) is 41.5 Å². The summed E-state index contributed by atoms with van der Waals surface area (Å²) >= 11 is 13.1. The minimum atomic E-state index is -0.451. The number of rotatable bonds is 2. The third kappa shape index (κ3) is 3.75. The smallest absolute Gasteiger partial charge is 0.264 e. The van der Waals surface area contributed by atoms with Gasteiger partial charge in [-0.25, -0.2) is 9.38 Å². The van der Waals surface area contributed by atoms with Gasteiger partial charge in [0.25, 0.3) is 5.91 Å². The van der Waals surface area contributed by atoms with E-state index in [2.05, 4.69) is 10.3 Å². The highest BCUT2D eigenvalue weighted by Crippen LogP contribution is 2.31. The third-order valence-corrected chi connectivity index (χ3v) is 4.45. The van der Waals surface area contributed by atoms with Crippen LogP contribution in [0.5, 0.6) is 0 Å². The molecular weight excluding hydrogens is 358 g/mol. The summed E-state index contributed by atoms with van der Waals surface area (Å²) in [5.74, 6) is -0.760. The van der Waals surface area contributed by atoms with Crippen LogP contribution in [0.4, 0.5) is 10.1 Å². The monoisotopic (exact) mass is 366 g/mol. The number of thioether (sulfide) groups is 1. The molecule has 3 nitrogen and oxygen atoms in total. The molecule has 2 aromatic carbocycles. The van der Waals surface area contributed by atoms with Crippen molar-refractivity contribution in [2.75, 3.05) is 0 Å². The molecular formula is C16H9Cl2FN2OS. The minimum absolute atomic E-state index is 0.168. The van der Waals surface area contributed by atoms with Gasteiger partial charge >= 0.3 is 0 Å². The Kier molecular flexibility index (Phi) is 4.71. The highest BCUT2D eigenvalue weighted by atomic mass is 35.5. The molecule has 2 aromatic rings. The lowest BCUT2D eigenvalue weighted by Crippen LogP contribution is -2.19. The van der Waals surface area contributed by atoms with E-state index in [0.717, 1.165) is 11.8 Å². The van der Waals surface area contributed by atoms with E-state index in [0.29, 0.717) is 25.7 Å². The molecule has 1 heterocycles. The molecule has 1 amide bonds. The van der Waals surface area contributed by atoms with Crippen molar-refractivity contribution in [2.45, 2.75) is 0 Å². The van der Waals surface area contributed by atoms with Crippen molar-refractivity contribution >= 4 is 57.8 Å². The van der Waals surface area contributed by atoms with E-state index in [4.69, 9.17) is 23.2 Å². The Balaban J connectivity index is 1.88. The van der Waals surface area contributed by atoms with Crippen LogP contribution in [0.2, 0.25) is 10.0 Å². The molecule has 23 heavy (non-hydrogen) atoms. The molecule has 1 saturated heterocycles. The Morgan fingerprint density at radius 1 is 1.17 bits per heavy atom. The zero-order chi connectivity index (χ0) is 16.4. The second-order valence-corrected chi connectivity index (χ2v) is 6.47. The van der Waals surface area contributed by atoms with E-state index < -0.39 is 5.82 Å². The number of nitrogens with zero attached hydrogens (tertiary/aromatic N) is 1. The standard InChI is InChI=1S/C16H9Cl2FN2OS/c17-10-6-5-9(11(18)8-10)7-14-15(22)21-16(23-14)20-13-4-2-1-3-12(13)19/h1-8H,(H,20,21,22)/b14-7+. The Morgan fingerprint density at radius 3 is 2.70 bits per heavy atom. The maximum Gasteiger partial charge on any atom is 0.264 e. The number of hydrogen-bond donors (Lipinski definition) is 1. The number of hydrogen-bond acceptors (Lipinski definition) is 3. The number of nitrogens with one attached hydrogen (secondary N) is 1. The van der Waals surface area contributed by atoms with E-state index in [1.165, 1.54) is 12.1 Å². The van der Waals surface area contributed by atoms with Crippen LogP contribution < -0.4 is 5.32 Å². The van der Waals surface area contributed by atoms with Gasteiger partial charge in [0.1, 0.15) is 11.5 Å². The van der Waals surface area contributed by atoms with E-state index in [-0.39, 0.29) is 11.6 Å². The fourth-order valence-corrected chi connectivity index (χ4v) is 3.18. The number of halogens is 3. The molecule has 7 heteroatoms. The van der Waals surface area contributed by atoms with Crippen LogP contribution >= 0.6 is 35.0 Å². The van der Waals surface area contributed by atoms with Crippen LogP contribution in [0.3, 0.4) is 0 Å². The van der Waals surface area contributed by atoms with E-state index in [1.807, 2.05) is 0 Å². The van der Waals surface area contributed by atoms with Gasteiger partial charge in [-0.1, -0.05) is 41.4 Å². The molecule has 1 N–H and O–H groups in total. The summed E-state index contributed by atoms with van der Waals surface area (Å²) in [6.07, 6.45) is 1.64. The fraction of sp³-hybridized carbons (Fsp3) is 0. The number of benzene rings is 2.